The number of rotatable bonds is 6. The molecule has 0 aliphatic carbocycles. The van der Waals surface area contributed by atoms with Crippen LogP contribution in [0.25, 0.3) is 0 Å². The van der Waals surface area contributed by atoms with Crippen molar-refractivity contribution >= 4 is 23.4 Å². The predicted octanol–water partition coefficient (Wildman–Crippen LogP) is 0.850. The van der Waals surface area contributed by atoms with Crippen LogP contribution in [0, 0.1) is 0 Å². The molecule has 6 heteroatoms. The molecule has 0 bridgehead atoms. The Morgan fingerprint density at radius 3 is 3.12 bits per heavy atom. The second-order valence-electron chi connectivity index (χ2n) is 3.17. The van der Waals surface area contributed by atoms with Gasteiger partial charge in [0.25, 0.3) is 5.91 Å². The molecule has 1 amide bonds. The van der Waals surface area contributed by atoms with Gasteiger partial charge in [0.2, 0.25) is 0 Å². The minimum atomic E-state index is -0.128. The first kappa shape index (κ1) is 12.8. The summed E-state index contributed by atoms with van der Waals surface area (Å²) in [5.41, 5.74) is 3.50. The first-order valence-electron chi connectivity index (χ1n) is 4.97. The number of carbonyl (C=O) groups excluding carboxylic acids is 1. The van der Waals surface area contributed by atoms with E-state index in [1.54, 1.807) is 24.0 Å². The highest BCUT2D eigenvalue weighted by Gasteiger charge is 2.09. The second kappa shape index (κ2) is 7.08. The van der Waals surface area contributed by atoms with Crippen molar-refractivity contribution in [2.45, 2.75) is 6.42 Å². The van der Waals surface area contributed by atoms with Crippen molar-refractivity contribution in [3.05, 3.63) is 24.0 Å². The van der Waals surface area contributed by atoms with Gasteiger partial charge in [-0.25, -0.2) is 0 Å². The fourth-order valence-corrected chi connectivity index (χ4v) is 1.65. The maximum atomic E-state index is 11.7. The number of nitrogens with one attached hydrogen (secondary N) is 2. The van der Waals surface area contributed by atoms with Crippen LogP contribution in [0.5, 0.6) is 0 Å². The van der Waals surface area contributed by atoms with Crippen LogP contribution in [-0.2, 0) is 0 Å². The van der Waals surface area contributed by atoms with Gasteiger partial charge in [0.15, 0.2) is 0 Å². The number of aromatic nitrogens is 1. The number of carbonyl (C=O) groups is 1. The molecule has 5 nitrogen and oxygen atoms in total. The fourth-order valence-electron chi connectivity index (χ4n) is 1.22. The number of nitrogens with two attached hydrogens (primary N) is 1. The minimum absolute atomic E-state index is 0.128. The highest BCUT2D eigenvalue weighted by molar-refractivity contribution is 7.98. The number of nitrogens with zero attached hydrogens (tertiary/aromatic N) is 1. The van der Waals surface area contributed by atoms with Crippen molar-refractivity contribution < 1.29 is 4.79 Å². The minimum Gasteiger partial charge on any atom is -0.352 e. The highest BCUT2D eigenvalue weighted by atomic mass is 32.2. The van der Waals surface area contributed by atoms with E-state index in [0.29, 0.717) is 17.8 Å². The van der Waals surface area contributed by atoms with Crippen molar-refractivity contribution in [2.75, 3.05) is 24.0 Å². The van der Waals surface area contributed by atoms with E-state index >= 15 is 0 Å². The zero-order chi connectivity index (χ0) is 11.8. The van der Waals surface area contributed by atoms with Crippen molar-refractivity contribution in [1.29, 1.82) is 0 Å². The summed E-state index contributed by atoms with van der Waals surface area (Å²) in [5, 5.41) is 2.83. The van der Waals surface area contributed by atoms with Gasteiger partial charge in [-0.15, -0.1) is 0 Å². The molecule has 0 fully saturated rings. The molecular weight excluding hydrogens is 224 g/mol. The molecule has 0 aliphatic rings. The number of anilines is 1. The SMILES string of the molecule is CSCCCNC(=O)c1ccncc1NN. The number of nitrogen functional groups attached to an aromatic ring is 1. The molecule has 0 saturated heterocycles. The molecule has 0 atom stereocenters. The molecular formula is C10H16N4OS. The van der Waals surface area contributed by atoms with E-state index < -0.39 is 0 Å². The molecule has 1 aromatic heterocycles. The summed E-state index contributed by atoms with van der Waals surface area (Å²) in [6, 6.07) is 1.64. The Bertz CT molecular complexity index is 345. The lowest BCUT2D eigenvalue weighted by Gasteiger charge is -2.08. The number of hydrogen-bond acceptors (Lipinski definition) is 5. The Morgan fingerprint density at radius 2 is 2.44 bits per heavy atom. The zero-order valence-corrected chi connectivity index (χ0v) is 10.0. The molecule has 16 heavy (non-hydrogen) atoms. The van der Waals surface area contributed by atoms with Crippen LogP contribution < -0.4 is 16.6 Å². The van der Waals surface area contributed by atoms with Crippen molar-refractivity contribution in [2.24, 2.45) is 5.84 Å². The van der Waals surface area contributed by atoms with Crippen LogP contribution in [0.2, 0.25) is 0 Å². The number of amides is 1. The Kier molecular flexibility index (Phi) is 5.66. The molecule has 0 aliphatic heterocycles. The molecule has 1 heterocycles. The summed E-state index contributed by atoms with van der Waals surface area (Å²) >= 11 is 1.76. The van der Waals surface area contributed by atoms with E-state index in [9.17, 15) is 4.79 Å². The maximum Gasteiger partial charge on any atom is 0.253 e. The van der Waals surface area contributed by atoms with Gasteiger partial charge in [-0.3, -0.25) is 15.6 Å². The average molecular weight is 240 g/mol. The molecule has 4 N–H and O–H groups in total. The largest absolute Gasteiger partial charge is 0.352 e. The van der Waals surface area contributed by atoms with Crippen molar-refractivity contribution in [3.8, 4) is 0 Å². The van der Waals surface area contributed by atoms with Crippen molar-refractivity contribution in [3.63, 3.8) is 0 Å². The van der Waals surface area contributed by atoms with Gasteiger partial charge in [0.1, 0.15) is 0 Å². The van der Waals surface area contributed by atoms with E-state index in [1.807, 2.05) is 6.26 Å². The topological polar surface area (TPSA) is 80.0 Å². The van der Waals surface area contributed by atoms with Crippen LogP contribution in [0.3, 0.4) is 0 Å². The number of hydrogen-bond donors (Lipinski definition) is 3. The Hall–Kier alpha value is -1.27. The standard InChI is InChI=1S/C10H16N4OS/c1-16-6-2-4-13-10(15)8-3-5-12-7-9(8)14-11/h3,5,7,14H,2,4,6,11H2,1H3,(H,13,15). The smallest absolute Gasteiger partial charge is 0.253 e. The Labute approximate surface area is 99.2 Å². The lowest BCUT2D eigenvalue weighted by Crippen LogP contribution is -2.26. The summed E-state index contributed by atoms with van der Waals surface area (Å²) in [6.07, 6.45) is 6.10. The monoisotopic (exact) mass is 240 g/mol. The Morgan fingerprint density at radius 1 is 1.62 bits per heavy atom. The van der Waals surface area contributed by atoms with E-state index in [1.165, 1.54) is 6.20 Å². The van der Waals surface area contributed by atoms with Gasteiger partial charge in [-0.1, -0.05) is 0 Å². The second-order valence-corrected chi connectivity index (χ2v) is 4.15. The summed E-state index contributed by atoms with van der Waals surface area (Å²) < 4.78 is 0. The molecule has 1 aromatic rings. The molecule has 88 valence electrons. The summed E-state index contributed by atoms with van der Waals surface area (Å²) in [4.78, 5) is 15.6. The highest BCUT2D eigenvalue weighted by Crippen LogP contribution is 2.11. The maximum absolute atomic E-state index is 11.7. The van der Waals surface area contributed by atoms with E-state index in [0.717, 1.165) is 12.2 Å². The van der Waals surface area contributed by atoms with Crippen molar-refractivity contribution in [1.82, 2.24) is 10.3 Å². The average Bonchev–Trinajstić information content (AvgIpc) is 2.34. The Balaban J connectivity index is 2.52. The third kappa shape index (κ3) is 3.71. The van der Waals surface area contributed by atoms with Crippen LogP contribution in [0.4, 0.5) is 5.69 Å². The van der Waals surface area contributed by atoms with Crippen LogP contribution in [-0.4, -0.2) is 29.4 Å². The van der Waals surface area contributed by atoms with Crippen LogP contribution in [0.1, 0.15) is 16.8 Å². The number of hydrazine groups is 1. The normalized spacial score (nSPS) is 9.88. The molecule has 0 saturated carbocycles. The van der Waals surface area contributed by atoms with Gasteiger partial charge in [0, 0.05) is 12.7 Å². The van der Waals surface area contributed by atoms with Gasteiger partial charge in [-0.05, 0) is 24.5 Å². The fraction of sp³-hybridized carbons (Fsp3) is 0.400. The zero-order valence-electron chi connectivity index (χ0n) is 9.19. The molecule has 0 radical (unpaired) electrons. The number of pyridine rings is 1. The first-order valence-corrected chi connectivity index (χ1v) is 6.36. The molecule has 1 rings (SSSR count). The third-order valence-corrected chi connectivity index (χ3v) is 2.73. The molecule has 0 unspecified atom stereocenters. The van der Waals surface area contributed by atoms with Crippen LogP contribution >= 0.6 is 11.8 Å². The van der Waals surface area contributed by atoms with E-state index in [2.05, 4.69) is 15.7 Å². The van der Waals surface area contributed by atoms with Gasteiger partial charge < -0.3 is 10.7 Å². The predicted molar refractivity (Wildman–Crippen MR) is 67.4 cm³/mol. The first-order chi connectivity index (χ1) is 7.79. The lowest BCUT2D eigenvalue weighted by molar-refractivity contribution is 0.0954. The van der Waals surface area contributed by atoms with Crippen LogP contribution in [0.15, 0.2) is 18.5 Å². The lowest BCUT2D eigenvalue weighted by atomic mass is 10.2. The summed E-state index contributed by atoms with van der Waals surface area (Å²) in [7, 11) is 0. The van der Waals surface area contributed by atoms with Gasteiger partial charge >= 0.3 is 0 Å². The quantitative estimate of drug-likeness (QED) is 0.390. The van der Waals surface area contributed by atoms with E-state index in [-0.39, 0.29) is 5.91 Å². The third-order valence-electron chi connectivity index (χ3n) is 2.03. The molecule has 0 spiro atoms. The summed E-state index contributed by atoms with van der Waals surface area (Å²) in [5.74, 6) is 6.20. The van der Waals surface area contributed by atoms with E-state index in [4.69, 9.17) is 5.84 Å². The van der Waals surface area contributed by atoms with Gasteiger partial charge in [-0.2, -0.15) is 11.8 Å². The van der Waals surface area contributed by atoms with Gasteiger partial charge in [0.05, 0.1) is 17.4 Å². The summed E-state index contributed by atoms with van der Waals surface area (Å²) in [6.45, 7) is 0.673. The number of thioether (sulfide) groups is 1. The molecule has 0 aromatic carbocycles.